The summed E-state index contributed by atoms with van der Waals surface area (Å²) in [6.07, 6.45) is 13.9. The van der Waals surface area contributed by atoms with E-state index in [1.165, 1.54) is 106 Å². The molecule has 3 aromatic rings. The molecule has 2 atom stereocenters. The van der Waals surface area contributed by atoms with Crippen molar-refractivity contribution in [3.63, 3.8) is 0 Å². The molecule has 0 saturated carbocycles. The number of benzene rings is 3. The van der Waals surface area contributed by atoms with E-state index in [1.807, 2.05) is 23.9 Å². The molecule has 3 aromatic carbocycles. The number of thioether (sulfide) groups is 1. The van der Waals surface area contributed by atoms with Crippen LogP contribution in [0.25, 0.3) is 0 Å². The maximum Gasteiger partial charge on any atom is 0.123 e. The zero-order valence-corrected chi connectivity index (χ0v) is 24.2. The average molecular weight is 544 g/mol. The fraction of sp³-hybridized carbons (Fsp3) is 0.486. The smallest absolute Gasteiger partial charge is 0.123 e. The number of phenols is 1. The Morgan fingerprint density at radius 1 is 0.744 bits per heavy atom. The number of rotatable bonds is 14. The van der Waals surface area contributed by atoms with E-state index in [0.29, 0.717) is 12.4 Å². The number of aromatic hydroxyl groups is 1. The van der Waals surface area contributed by atoms with Crippen LogP contribution in [0.15, 0.2) is 77.7 Å². The third-order valence-corrected chi connectivity index (χ3v) is 9.55. The first-order chi connectivity index (χ1) is 19.3. The molecular formula is C35H45NO2S. The molecule has 208 valence electrons. The summed E-state index contributed by atoms with van der Waals surface area (Å²) in [5.41, 5.74) is 3.63. The van der Waals surface area contributed by atoms with E-state index in [2.05, 4.69) is 59.5 Å². The number of likely N-dealkylation sites (tertiary alicyclic amines) is 1. The molecule has 2 heterocycles. The number of hydrogen-bond acceptors (Lipinski definition) is 4. The SMILES string of the molecule is Oc1ccc2c(c1)[C@@H](c1ccc(SCCCCCCCCCCN3CCCC3)cc1)[C@@H](c1ccccc1)CO2. The molecule has 2 aliphatic rings. The van der Waals surface area contributed by atoms with Crippen LogP contribution in [0, 0.1) is 0 Å². The second-order valence-corrected chi connectivity index (χ2v) is 12.5. The number of nitrogens with zero attached hydrogens (tertiary/aromatic N) is 1. The zero-order valence-electron chi connectivity index (χ0n) is 23.4. The molecule has 4 heteroatoms. The van der Waals surface area contributed by atoms with Crippen molar-refractivity contribution in [3.05, 3.63) is 89.5 Å². The van der Waals surface area contributed by atoms with E-state index in [-0.39, 0.29) is 11.8 Å². The van der Waals surface area contributed by atoms with Gasteiger partial charge in [-0.2, -0.15) is 0 Å². The lowest BCUT2D eigenvalue weighted by Gasteiger charge is -2.34. The van der Waals surface area contributed by atoms with Gasteiger partial charge < -0.3 is 14.7 Å². The van der Waals surface area contributed by atoms with E-state index in [0.717, 1.165) is 11.3 Å². The number of ether oxygens (including phenoxy) is 1. The second-order valence-electron chi connectivity index (χ2n) is 11.3. The molecule has 2 aliphatic heterocycles. The topological polar surface area (TPSA) is 32.7 Å². The predicted octanol–water partition coefficient (Wildman–Crippen LogP) is 9.01. The summed E-state index contributed by atoms with van der Waals surface area (Å²) in [4.78, 5) is 3.98. The van der Waals surface area contributed by atoms with Crippen LogP contribution in [0.2, 0.25) is 0 Å². The van der Waals surface area contributed by atoms with Crippen molar-refractivity contribution in [1.82, 2.24) is 4.90 Å². The summed E-state index contributed by atoms with van der Waals surface area (Å²) >= 11 is 1.98. The van der Waals surface area contributed by atoms with E-state index in [1.54, 1.807) is 6.07 Å². The first-order valence-corrected chi connectivity index (χ1v) is 16.2. The summed E-state index contributed by atoms with van der Waals surface area (Å²) < 4.78 is 6.14. The summed E-state index contributed by atoms with van der Waals surface area (Å²) in [5.74, 6) is 2.73. The standard InChI is InChI=1S/C35H45NO2S/c37-30-18-21-34-32(26-30)35(33(27-38-34)28-14-8-7-9-15-28)29-16-19-31(20-17-29)39-25-13-6-4-2-1-3-5-10-22-36-23-11-12-24-36/h7-9,14-21,26,33,35,37H,1-6,10-13,22-25,27H2/t33-,35-/m1/s1. The van der Waals surface area contributed by atoms with Gasteiger partial charge in [0.1, 0.15) is 11.5 Å². The molecule has 3 nitrogen and oxygen atoms in total. The molecule has 1 fully saturated rings. The van der Waals surface area contributed by atoms with Crippen LogP contribution in [0.4, 0.5) is 0 Å². The van der Waals surface area contributed by atoms with E-state index >= 15 is 0 Å². The number of unbranched alkanes of at least 4 members (excludes halogenated alkanes) is 7. The van der Waals surface area contributed by atoms with Gasteiger partial charge in [-0.15, -0.1) is 11.8 Å². The number of hydrogen-bond donors (Lipinski definition) is 1. The van der Waals surface area contributed by atoms with Crippen LogP contribution in [0.3, 0.4) is 0 Å². The highest BCUT2D eigenvalue weighted by molar-refractivity contribution is 7.99. The molecule has 1 N–H and O–H groups in total. The van der Waals surface area contributed by atoms with Crippen molar-refractivity contribution >= 4 is 11.8 Å². The van der Waals surface area contributed by atoms with Crippen LogP contribution in [-0.4, -0.2) is 42.0 Å². The molecule has 0 amide bonds. The van der Waals surface area contributed by atoms with Gasteiger partial charge in [-0.3, -0.25) is 0 Å². The Kier molecular flexibility index (Phi) is 10.7. The van der Waals surface area contributed by atoms with Gasteiger partial charge in [-0.25, -0.2) is 0 Å². The van der Waals surface area contributed by atoms with E-state index in [9.17, 15) is 5.11 Å². The highest BCUT2D eigenvalue weighted by Crippen LogP contribution is 2.47. The van der Waals surface area contributed by atoms with Gasteiger partial charge in [-0.1, -0.05) is 81.0 Å². The van der Waals surface area contributed by atoms with Crippen molar-refractivity contribution in [2.45, 2.75) is 80.9 Å². The summed E-state index contributed by atoms with van der Waals surface area (Å²) in [6.45, 7) is 4.65. The van der Waals surface area contributed by atoms with Gasteiger partial charge >= 0.3 is 0 Å². The van der Waals surface area contributed by atoms with Crippen LogP contribution in [0.1, 0.15) is 92.7 Å². The Morgan fingerprint density at radius 2 is 1.44 bits per heavy atom. The van der Waals surface area contributed by atoms with Crippen molar-refractivity contribution < 1.29 is 9.84 Å². The van der Waals surface area contributed by atoms with Crippen LogP contribution in [-0.2, 0) is 0 Å². The molecule has 0 aromatic heterocycles. The van der Waals surface area contributed by atoms with Crippen molar-refractivity contribution in [2.24, 2.45) is 0 Å². The molecule has 0 spiro atoms. The lowest BCUT2D eigenvalue weighted by molar-refractivity contribution is 0.248. The molecule has 39 heavy (non-hydrogen) atoms. The van der Waals surface area contributed by atoms with Gasteiger partial charge in [0.25, 0.3) is 0 Å². The summed E-state index contributed by atoms with van der Waals surface area (Å²) in [6, 6.07) is 25.3. The van der Waals surface area contributed by atoms with Gasteiger partial charge in [0.2, 0.25) is 0 Å². The molecular weight excluding hydrogens is 498 g/mol. The van der Waals surface area contributed by atoms with Gasteiger partial charge in [0, 0.05) is 22.3 Å². The Labute approximate surface area is 240 Å². The lowest BCUT2D eigenvalue weighted by atomic mass is 9.76. The first kappa shape index (κ1) is 28.1. The third kappa shape index (κ3) is 8.05. The monoisotopic (exact) mass is 543 g/mol. The predicted molar refractivity (Wildman–Crippen MR) is 164 cm³/mol. The van der Waals surface area contributed by atoms with Crippen LogP contribution >= 0.6 is 11.8 Å². The minimum Gasteiger partial charge on any atom is -0.508 e. The van der Waals surface area contributed by atoms with E-state index < -0.39 is 0 Å². The van der Waals surface area contributed by atoms with E-state index in [4.69, 9.17) is 4.74 Å². The first-order valence-electron chi connectivity index (χ1n) is 15.2. The maximum absolute atomic E-state index is 10.3. The Balaban J connectivity index is 1.06. The second kappa shape index (κ2) is 14.8. The Hall–Kier alpha value is -2.43. The minimum atomic E-state index is 0.155. The maximum atomic E-state index is 10.3. The van der Waals surface area contributed by atoms with Crippen molar-refractivity contribution in [1.29, 1.82) is 0 Å². The minimum absolute atomic E-state index is 0.155. The molecule has 0 bridgehead atoms. The Bertz CT molecular complexity index is 1130. The highest BCUT2D eigenvalue weighted by Gasteiger charge is 2.33. The van der Waals surface area contributed by atoms with Gasteiger partial charge in [-0.05, 0) is 92.5 Å². The summed E-state index contributed by atoms with van der Waals surface area (Å²) in [7, 11) is 0. The van der Waals surface area contributed by atoms with Crippen molar-refractivity contribution in [3.8, 4) is 11.5 Å². The summed E-state index contributed by atoms with van der Waals surface area (Å²) in [5, 5.41) is 10.3. The van der Waals surface area contributed by atoms with Gasteiger partial charge in [0.05, 0.1) is 6.61 Å². The average Bonchev–Trinajstić information content (AvgIpc) is 3.50. The zero-order chi connectivity index (χ0) is 26.7. The van der Waals surface area contributed by atoms with Crippen LogP contribution in [0.5, 0.6) is 11.5 Å². The third-order valence-electron chi connectivity index (χ3n) is 8.45. The fourth-order valence-corrected chi connectivity index (χ4v) is 7.18. The fourth-order valence-electron chi connectivity index (χ4n) is 6.27. The Morgan fingerprint density at radius 3 is 2.18 bits per heavy atom. The lowest BCUT2D eigenvalue weighted by Crippen LogP contribution is -2.25. The van der Waals surface area contributed by atoms with Crippen LogP contribution < -0.4 is 4.74 Å². The molecule has 0 aliphatic carbocycles. The molecule has 0 radical (unpaired) electrons. The molecule has 0 unspecified atom stereocenters. The quantitative estimate of drug-likeness (QED) is 0.162. The van der Waals surface area contributed by atoms with Gasteiger partial charge in [0.15, 0.2) is 0 Å². The normalized spacial score (nSPS) is 19.1. The number of phenolic OH excluding ortho intramolecular Hbond substituents is 1. The highest BCUT2D eigenvalue weighted by atomic mass is 32.2. The largest absolute Gasteiger partial charge is 0.508 e. The number of fused-ring (bicyclic) bond motifs is 1. The molecule has 1 saturated heterocycles. The molecule has 5 rings (SSSR count). The van der Waals surface area contributed by atoms with Crippen molar-refractivity contribution in [2.75, 3.05) is 32.0 Å².